The van der Waals surface area contributed by atoms with Crippen LogP contribution in [-0.2, 0) is 15.0 Å². The van der Waals surface area contributed by atoms with E-state index in [1.165, 1.54) is 0 Å². The van der Waals surface area contributed by atoms with Crippen molar-refractivity contribution in [3.05, 3.63) is 114 Å². The van der Waals surface area contributed by atoms with Crippen molar-refractivity contribution in [3.8, 4) is 0 Å². The summed E-state index contributed by atoms with van der Waals surface area (Å²) in [5.74, 6) is -1.41. The first kappa shape index (κ1) is 21.1. The molecular weight excluding hydrogens is 374 g/mol. The number of carbonyl (C=O) groups is 2. The molecule has 0 fully saturated rings. The zero-order valence-electron chi connectivity index (χ0n) is 16.9. The van der Waals surface area contributed by atoms with Crippen LogP contribution < -0.4 is 5.32 Å². The zero-order valence-corrected chi connectivity index (χ0v) is 16.9. The molecule has 3 rings (SSSR count). The van der Waals surface area contributed by atoms with Gasteiger partial charge in [-0.25, -0.2) is 4.79 Å². The Labute approximate surface area is 176 Å². The van der Waals surface area contributed by atoms with Gasteiger partial charge in [0.05, 0.1) is 5.41 Å². The normalized spacial score (nSPS) is 12.4. The van der Waals surface area contributed by atoms with Gasteiger partial charge in [-0.3, -0.25) is 4.79 Å². The maximum atomic E-state index is 13.4. The Hall–Kier alpha value is -3.66. The van der Waals surface area contributed by atoms with Crippen LogP contribution >= 0.6 is 0 Å². The van der Waals surface area contributed by atoms with Crippen molar-refractivity contribution in [3.63, 3.8) is 0 Å². The molecule has 0 aromatic heterocycles. The molecule has 0 aliphatic carbocycles. The fourth-order valence-electron chi connectivity index (χ4n) is 3.40. The summed E-state index contributed by atoms with van der Waals surface area (Å²) in [6.45, 7) is 1.83. The highest BCUT2D eigenvalue weighted by molar-refractivity contribution is 5.94. The van der Waals surface area contributed by atoms with Gasteiger partial charge in [-0.05, 0) is 30.0 Å². The van der Waals surface area contributed by atoms with Crippen LogP contribution in [0.4, 0.5) is 0 Å². The molecule has 0 heterocycles. The van der Waals surface area contributed by atoms with Crippen LogP contribution in [0.15, 0.2) is 97.1 Å². The lowest BCUT2D eigenvalue weighted by Crippen LogP contribution is -2.49. The molecule has 0 unspecified atom stereocenters. The van der Waals surface area contributed by atoms with E-state index >= 15 is 0 Å². The fraction of sp³-hybridized carbons (Fsp3) is 0.154. The number of hydrogen-bond acceptors (Lipinski definition) is 2. The van der Waals surface area contributed by atoms with Crippen LogP contribution in [0.5, 0.6) is 0 Å². The van der Waals surface area contributed by atoms with E-state index in [1.54, 1.807) is 6.08 Å². The number of carboxylic acid groups (broad SMARTS) is 1. The summed E-state index contributed by atoms with van der Waals surface area (Å²) in [7, 11) is 0. The smallest absolute Gasteiger partial charge is 0.326 e. The van der Waals surface area contributed by atoms with Crippen molar-refractivity contribution in [1.29, 1.82) is 0 Å². The molecule has 0 bridgehead atoms. The molecule has 4 nitrogen and oxygen atoms in total. The molecule has 1 atom stereocenters. The van der Waals surface area contributed by atoms with Gasteiger partial charge in [0, 0.05) is 0 Å². The molecule has 1 amide bonds. The molecular formula is C26H25NO3. The Balaban J connectivity index is 1.84. The first-order valence-corrected chi connectivity index (χ1v) is 9.88. The van der Waals surface area contributed by atoms with Crippen molar-refractivity contribution in [2.45, 2.75) is 24.8 Å². The van der Waals surface area contributed by atoms with Gasteiger partial charge in [0.15, 0.2) is 0 Å². The van der Waals surface area contributed by atoms with Gasteiger partial charge in [0.1, 0.15) is 6.04 Å². The van der Waals surface area contributed by atoms with Crippen molar-refractivity contribution in [2.75, 3.05) is 0 Å². The molecule has 30 heavy (non-hydrogen) atoms. The predicted molar refractivity (Wildman–Crippen MR) is 119 cm³/mol. The van der Waals surface area contributed by atoms with Gasteiger partial charge in [-0.1, -0.05) is 103 Å². The monoisotopic (exact) mass is 399 g/mol. The van der Waals surface area contributed by atoms with E-state index in [4.69, 9.17) is 0 Å². The number of carbonyl (C=O) groups excluding carboxylic acids is 1. The third-order valence-corrected chi connectivity index (χ3v) is 5.24. The van der Waals surface area contributed by atoms with E-state index in [2.05, 4.69) is 5.32 Å². The highest BCUT2D eigenvalue weighted by Gasteiger charge is 2.38. The molecule has 0 aliphatic rings. The molecule has 4 heteroatoms. The molecule has 0 saturated heterocycles. The second kappa shape index (κ2) is 9.70. The Kier molecular flexibility index (Phi) is 6.81. The van der Waals surface area contributed by atoms with Crippen molar-refractivity contribution in [2.24, 2.45) is 0 Å². The first-order chi connectivity index (χ1) is 14.5. The third-order valence-electron chi connectivity index (χ3n) is 5.24. The zero-order chi connectivity index (χ0) is 21.4. The van der Waals surface area contributed by atoms with Crippen molar-refractivity contribution >= 4 is 18.0 Å². The van der Waals surface area contributed by atoms with Crippen LogP contribution in [-0.4, -0.2) is 23.0 Å². The Morgan fingerprint density at radius 1 is 0.867 bits per heavy atom. The highest BCUT2D eigenvalue weighted by Crippen LogP contribution is 2.32. The minimum Gasteiger partial charge on any atom is -0.480 e. The number of carboxylic acids is 1. The van der Waals surface area contributed by atoms with Crippen molar-refractivity contribution < 1.29 is 14.7 Å². The van der Waals surface area contributed by atoms with Gasteiger partial charge in [0.2, 0.25) is 5.91 Å². The van der Waals surface area contributed by atoms with E-state index in [9.17, 15) is 14.7 Å². The summed E-state index contributed by atoms with van der Waals surface area (Å²) in [5, 5.41) is 12.4. The molecule has 0 saturated carbocycles. The standard InChI is InChI=1S/C26H25NO3/c1-26(21-15-7-3-8-16-21,22-17-9-4-10-18-22)25(30)27-23(24(28)29)19-11-14-20-12-5-2-6-13-20/h2-18,23H,19H2,1H3,(H,27,30)(H,28,29)/b14-11+/t23-/m0/s1. The quantitative estimate of drug-likeness (QED) is 0.579. The molecule has 2 N–H and O–H groups in total. The van der Waals surface area contributed by atoms with Gasteiger partial charge in [0.25, 0.3) is 0 Å². The topological polar surface area (TPSA) is 66.4 Å². The summed E-state index contributed by atoms with van der Waals surface area (Å²) in [5.41, 5.74) is 1.57. The molecule has 3 aromatic carbocycles. The molecule has 3 aromatic rings. The fourth-order valence-corrected chi connectivity index (χ4v) is 3.40. The summed E-state index contributed by atoms with van der Waals surface area (Å²) in [6.07, 6.45) is 3.82. The lowest BCUT2D eigenvalue weighted by molar-refractivity contribution is -0.142. The number of aliphatic carboxylic acids is 1. The summed E-state index contributed by atoms with van der Waals surface area (Å²) < 4.78 is 0. The van der Waals surface area contributed by atoms with E-state index < -0.39 is 17.4 Å². The number of nitrogens with one attached hydrogen (secondary N) is 1. The lowest BCUT2D eigenvalue weighted by Gasteiger charge is -2.31. The lowest BCUT2D eigenvalue weighted by atomic mass is 9.75. The Bertz CT molecular complexity index is 959. The van der Waals surface area contributed by atoms with Crippen LogP contribution in [0.25, 0.3) is 6.08 Å². The summed E-state index contributed by atoms with van der Waals surface area (Å²) >= 11 is 0. The van der Waals surface area contributed by atoms with E-state index in [-0.39, 0.29) is 12.3 Å². The average molecular weight is 399 g/mol. The second-order valence-corrected chi connectivity index (χ2v) is 7.27. The molecule has 0 spiro atoms. The van der Waals surface area contributed by atoms with Gasteiger partial charge >= 0.3 is 5.97 Å². The predicted octanol–water partition coefficient (Wildman–Crippen LogP) is 4.67. The van der Waals surface area contributed by atoms with Crippen LogP contribution in [0.3, 0.4) is 0 Å². The minimum absolute atomic E-state index is 0.190. The van der Waals surface area contributed by atoms with Crippen molar-refractivity contribution in [1.82, 2.24) is 5.32 Å². The maximum Gasteiger partial charge on any atom is 0.326 e. The van der Waals surface area contributed by atoms with E-state index in [0.29, 0.717) is 0 Å². The maximum absolute atomic E-state index is 13.4. The van der Waals surface area contributed by atoms with Crippen LogP contribution in [0.1, 0.15) is 30.0 Å². The van der Waals surface area contributed by atoms with Crippen LogP contribution in [0, 0.1) is 0 Å². The number of benzene rings is 3. The summed E-state index contributed by atoms with van der Waals surface area (Å²) in [6, 6.07) is 27.4. The number of hydrogen-bond donors (Lipinski definition) is 2. The summed E-state index contributed by atoms with van der Waals surface area (Å²) in [4.78, 5) is 25.2. The first-order valence-electron chi connectivity index (χ1n) is 9.88. The largest absolute Gasteiger partial charge is 0.480 e. The highest BCUT2D eigenvalue weighted by atomic mass is 16.4. The molecule has 0 aliphatic heterocycles. The molecule has 152 valence electrons. The van der Waals surface area contributed by atoms with Gasteiger partial charge in [-0.2, -0.15) is 0 Å². The van der Waals surface area contributed by atoms with Gasteiger partial charge < -0.3 is 10.4 Å². The second-order valence-electron chi connectivity index (χ2n) is 7.27. The minimum atomic E-state index is -1.07. The number of rotatable bonds is 8. The van der Waals surface area contributed by atoms with E-state index in [0.717, 1.165) is 16.7 Å². The van der Waals surface area contributed by atoms with Crippen LogP contribution in [0.2, 0.25) is 0 Å². The average Bonchev–Trinajstić information content (AvgIpc) is 2.79. The Morgan fingerprint density at radius 2 is 1.33 bits per heavy atom. The molecule has 0 radical (unpaired) electrons. The number of amides is 1. The Morgan fingerprint density at radius 3 is 1.80 bits per heavy atom. The SMILES string of the molecule is CC(C(=O)N[C@@H](C/C=C/c1ccccc1)C(=O)O)(c1ccccc1)c1ccccc1. The van der Waals surface area contributed by atoms with E-state index in [1.807, 2.05) is 104 Å². The van der Waals surface area contributed by atoms with Gasteiger partial charge in [-0.15, -0.1) is 0 Å². The third kappa shape index (κ3) is 4.84.